The summed E-state index contributed by atoms with van der Waals surface area (Å²) >= 11 is 0. The van der Waals surface area contributed by atoms with E-state index < -0.39 is 0 Å². The highest BCUT2D eigenvalue weighted by Gasteiger charge is 2.34. The standard InChI is InChI=1S/C33H34NO2/c1-32(2,25-12-8-6-9-13-25)27-20-24-22-34(28-16-18-29(35-5)19-17-28)23-36-31(24)30(21-27)33(3,4)26-14-10-7-11-15-26/h6-22H,23H2,1-5H3/q+1. The van der Waals surface area contributed by atoms with Crippen LogP contribution in [0.3, 0.4) is 0 Å². The topological polar surface area (TPSA) is 21.5 Å². The van der Waals surface area contributed by atoms with Gasteiger partial charge in [-0.2, -0.15) is 4.58 Å². The van der Waals surface area contributed by atoms with Gasteiger partial charge in [-0.3, -0.25) is 0 Å². The molecule has 1 aliphatic heterocycles. The Hall–Kier alpha value is -3.85. The second-order valence-corrected chi connectivity index (χ2v) is 10.5. The van der Waals surface area contributed by atoms with Crippen LogP contribution in [0.4, 0.5) is 5.69 Å². The molecule has 0 spiro atoms. The monoisotopic (exact) mass is 476 g/mol. The summed E-state index contributed by atoms with van der Waals surface area (Å²) in [5.41, 5.74) is 6.78. The number of hydrogen-bond acceptors (Lipinski definition) is 2. The summed E-state index contributed by atoms with van der Waals surface area (Å²) in [4.78, 5) is 0. The van der Waals surface area contributed by atoms with E-state index in [-0.39, 0.29) is 10.8 Å². The fourth-order valence-corrected chi connectivity index (χ4v) is 5.03. The van der Waals surface area contributed by atoms with Crippen molar-refractivity contribution in [1.29, 1.82) is 0 Å². The Balaban J connectivity index is 1.69. The van der Waals surface area contributed by atoms with Gasteiger partial charge in [0.1, 0.15) is 11.5 Å². The lowest BCUT2D eigenvalue weighted by Crippen LogP contribution is -2.28. The highest BCUT2D eigenvalue weighted by Crippen LogP contribution is 2.44. The second kappa shape index (κ2) is 9.31. The average molecular weight is 477 g/mol. The van der Waals surface area contributed by atoms with Crippen LogP contribution in [0.1, 0.15) is 55.5 Å². The number of methoxy groups -OCH3 is 1. The minimum atomic E-state index is -0.232. The number of hydrogen-bond donors (Lipinski definition) is 0. The molecule has 5 rings (SSSR count). The lowest BCUT2D eigenvalue weighted by molar-refractivity contribution is -0.476. The minimum Gasteiger partial charge on any atom is -0.497 e. The van der Waals surface area contributed by atoms with E-state index in [4.69, 9.17) is 9.47 Å². The molecule has 182 valence electrons. The van der Waals surface area contributed by atoms with Crippen LogP contribution in [0, 0.1) is 0 Å². The van der Waals surface area contributed by atoms with Crippen LogP contribution >= 0.6 is 0 Å². The van der Waals surface area contributed by atoms with E-state index in [0.717, 1.165) is 22.7 Å². The molecular weight excluding hydrogens is 442 g/mol. The first-order valence-electron chi connectivity index (χ1n) is 12.5. The predicted molar refractivity (Wildman–Crippen MR) is 147 cm³/mol. The molecular formula is C33H34NO2+. The maximum atomic E-state index is 6.52. The van der Waals surface area contributed by atoms with E-state index in [0.29, 0.717) is 6.73 Å². The largest absolute Gasteiger partial charge is 0.497 e. The normalized spacial score (nSPS) is 13.4. The van der Waals surface area contributed by atoms with E-state index >= 15 is 0 Å². The van der Waals surface area contributed by atoms with Crippen LogP contribution in [-0.2, 0) is 10.8 Å². The molecule has 0 aromatic heterocycles. The Morgan fingerprint density at radius 2 is 1.28 bits per heavy atom. The summed E-state index contributed by atoms with van der Waals surface area (Å²) in [6.45, 7) is 9.63. The molecule has 0 radical (unpaired) electrons. The molecule has 0 saturated heterocycles. The zero-order chi connectivity index (χ0) is 25.3. The summed E-state index contributed by atoms with van der Waals surface area (Å²) in [5.74, 6) is 1.80. The van der Waals surface area contributed by atoms with Gasteiger partial charge in [0, 0.05) is 28.5 Å². The molecule has 0 amide bonds. The first-order valence-corrected chi connectivity index (χ1v) is 12.5. The van der Waals surface area contributed by atoms with Crippen LogP contribution in [0.5, 0.6) is 11.5 Å². The van der Waals surface area contributed by atoms with Gasteiger partial charge < -0.3 is 9.47 Å². The van der Waals surface area contributed by atoms with Gasteiger partial charge in [0.05, 0.1) is 12.7 Å². The summed E-state index contributed by atoms with van der Waals surface area (Å²) in [5, 5.41) is 0. The minimum absolute atomic E-state index is 0.173. The maximum Gasteiger partial charge on any atom is 0.292 e. The third-order valence-corrected chi connectivity index (χ3v) is 7.55. The van der Waals surface area contributed by atoms with Crippen molar-refractivity contribution in [3.63, 3.8) is 0 Å². The number of fused-ring (bicyclic) bond motifs is 1. The van der Waals surface area contributed by atoms with Crippen molar-refractivity contribution in [3.05, 3.63) is 125 Å². The molecule has 0 unspecified atom stereocenters. The quantitative estimate of drug-likeness (QED) is 0.269. The Morgan fingerprint density at radius 3 is 1.86 bits per heavy atom. The van der Waals surface area contributed by atoms with Crippen LogP contribution in [-0.4, -0.2) is 24.6 Å². The number of rotatable bonds is 6. The van der Waals surface area contributed by atoms with E-state index in [9.17, 15) is 0 Å². The third-order valence-electron chi connectivity index (χ3n) is 7.55. The van der Waals surface area contributed by atoms with Gasteiger partial charge in [0.25, 0.3) is 6.73 Å². The maximum absolute atomic E-state index is 6.52. The molecule has 0 atom stereocenters. The molecule has 36 heavy (non-hydrogen) atoms. The average Bonchev–Trinajstić information content (AvgIpc) is 2.93. The molecule has 4 aromatic rings. The Kier molecular flexibility index (Phi) is 6.17. The van der Waals surface area contributed by atoms with Crippen LogP contribution < -0.4 is 9.47 Å². The predicted octanol–water partition coefficient (Wildman–Crippen LogP) is 7.46. The van der Waals surface area contributed by atoms with E-state index in [1.54, 1.807) is 7.11 Å². The second-order valence-electron chi connectivity index (χ2n) is 10.5. The molecule has 4 aromatic carbocycles. The lowest BCUT2D eigenvalue weighted by atomic mass is 9.72. The fraction of sp³-hybridized carbons (Fsp3) is 0.242. The molecule has 0 fully saturated rings. The van der Waals surface area contributed by atoms with Crippen molar-refractivity contribution in [2.24, 2.45) is 0 Å². The summed E-state index contributed by atoms with van der Waals surface area (Å²) in [6, 6.07) is 34.2. The van der Waals surface area contributed by atoms with Crippen molar-refractivity contribution in [2.45, 2.75) is 38.5 Å². The van der Waals surface area contributed by atoms with Gasteiger partial charge in [-0.15, -0.1) is 0 Å². The molecule has 3 nitrogen and oxygen atoms in total. The van der Waals surface area contributed by atoms with Gasteiger partial charge in [-0.1, -0.05) is 94.4 Å². The summed E-state index contributed by atoms with van der Waals surface area (Å²) < 4.78 is 14.0. The zero-order valence-electron chi connectivity index (χ0n) is 21.8. The molecule has 0 bridgehead atoms. The van der Waals surface area contributed by atoms with Gasteiger partial charge >= 0.3 is 0 Å². The van der Waals surface area contributed by atoms with Crippen molar-refractivity contribution in [3.8, 4) is 11.5 Å². The summed E-state index contributed by atoms with van der Waals surface area (Å²) in [6.07, 6.45) is 2.22. The number of benzene rings is 4. The highest BCUT2D eigenvalue weighted by atomic mass is 16.5. The molecule has 0 aliphatic carbocycles. The molecule has 0 saturated carbocycles. The van der Waals surface area contributed by atoms with Crippen molar-refractivity contribution >= 4 is 11.9 Å². The molecule has 1 aliphatic rings. The number of ether oxygens (including phenoxy) is 2. The van der Waals surface area contributed by atoms with Crippen molar-refractivity contribution in [2.75, 3.05) is 13.8 Å². The van der Waals surface area contributed by atoms with Gasteiger partial charge in [0.15, 0.2) is 6.21 Å². The third kappa shape index (κ3) is 4.30. The van der Waals surface area contributed by atoms with Crippen molar-refractivity contribution < 1.29 is 14.0 Å². The van der Waals surface area contributed by atoms with Gasteiger partial charge in [-0.25, -0.2) is 0 Å². The highest BCUT2D eigenvalue weighted by molar-refractivity contribution is 5.84. The van der Waals surface area contributed by atoms with Crippen LogP contribution in [0.2, 0.25) is 0 Å². The zero-order valence-corrected chi connectivity index (χ0v) is 21.8. The number of nitrogens with zero attached hydrogens (tertiary/aromatic N) is 1. The fourth-order valence-electron chi connectivity index (χ4n) is 5.03. The van der Waals surface area contributed by atoms with Crippen molar-refractivity contribution in [1.82, 2.24) is 0 Å². The van der Waals surface area contributed by atoms with Gasteiger partial charge in [-0.05, 0) is 34.9 Å². The van der Waals surface area contributed by atoms with E-state index in [1.165, 1.54) is 22.3 Å². The smallest absolute Gasteiger partial charge is 0.292 e. The van der Waals surface area contributed by atoms with E-state index in [2.05, 4.69) is 123 Å². The Bertz CT molecular complexity index is 1390. The Labute approximate surface area is 214 Å². The first kappa shape index (κ1) is 23.9. The lowest BCUT2D eigenvalue weighted by Gasteiger charge is -2.33. The van der Waals surface area contributed by atoms with Gasteiger partial charge in [0.2, 0.25) is 5.69 Å². The molecule has 3 heteroatoms. The molecule has 0 N–H and O–H groups in total. The first-order chi connectivity index (χ1) is 17.3. The van der Waals surface area contributed by atoms with Crippen LogP contribution in [0.25, 0.3) is 0 Å². The Morgan fingerprint density at radius 1 is 0.694 bits per heavy atom. The van der Waals surface area contributed by atoms with E-state index in [1.807, 2.05) is 12.1 Å². The van der Waals surface area contributed by atoms with Crippen LogP contribution in [0.15, 0.2) is 97.1 Å². The SMILES string of the molecule is COc1ccc([N+]2=Cc3cc(C(C)(C)c4ccccc4)cc(C(C)(C)c4ccccc4)c3OC2)cc1. The molecule has 1 heterocycles. The summed E-state index contributed by atoms with van der Waals surface area (Å²) in [7, 11) is 1.69.